The first kappa shape index (κ1) is 12.7. The third-order valence-corrected chi connectivity index (χ3v) is 5.15. The van der Waals surface area contributed by atoms with Gasteiger partial charge in [0.05, 0.1) is 13.2 Å². The lowest BCUT2D eigenvalue weighted by atomic mass is 9.90. The SMILES string of the molecule is COc1cc2c(cc1C)CCc1cc(C(C)O)sc1-2. The maximum absolute atomic E-state index is 9.75. The van der Waals surface area contributed by atoms with Crippen molar-refractivity contribution in [3.05, 3.63) is 39.8 Å². The second-order valence-electron chi connectivity index (χ2n) is 5.16. The summed E-state index contributed by atoms with van der Waals surface area (Å²) < 4.78 is 5.44. The van der Waals surface area contributed by atoms with E-state index in [1.807, 2.05) is 6.92 Å². The Kier molecular flexibility index (Phi) is 3.11. The Morgan fingerprint density at radius 1 is 1.21 bits per heavy atom. The number of fused-ring (bicyclic) bond motifs is 3. The van der Waals surface area contributed by atoms with E-state index in [1.54, 1.807) is 18.4 Å². The van der Waals surface area contributed by atoms with Crippen LogP contribution in [0.2, 0.25) is 0 Å². The molecular formula is C16H18O2S. The third kappa shape index (κ3) is 2.07. The highest BCUT2D eigenvalue weighted by molar-refractivity contribution is 7.15. The van der Waals surface area contributed by atoms with Gasteiger partial charge in [-0.1, -0.05) is 6.07 Å². The maximum Gasteiger partial charge on any atom is 0.122 e. The average Bonchev–Trinajstić information content (AvgIpc) is 2.82. The fraction of sp³-hybridized carbons (Fsp3) is 0.375. The van der Waals surface area contributed by atoms with Crippen molar-refractivity contribution in [3.8, 4) is 16.2 Å². The molecule has 3 rings (SSSR count). The van der Waals surface area contributed by atoms with E-state index in [1.165, 1.54) is 27.1 Å². The smallest absolute Gasteiger partial charge is 0.122 e. The van der Waals surface area contributed by atoms with Crippen LogP contribution >= 0.6 is 11.3 Å². The van der Waals surface area contributed by atoms with Crippen molar-refractivity contribution in [1.82, 2.24) is 0 Å². The van der Waals surface area contributed by atoms with E-state index < -0.39 is 0 Å². The van der Waals surface area contributed by atoms with Gasteiger partial charge in [-0.25, -0.2) is 0 Å². The van der Waals surface area contributed by atoms with Gasteiger partial charge >= 0.3 is 0 Å². The first-order chi connectivity index (χ1) is 9.10. The Bertz CT molecular complexity index is 626. The molecule has 1 heterocycles. The van der Waals surface area contributed by atoms with Gasteiger partial charge in [0.1, 0.15) is 5.75 Å². The normalized spacial score (nSPS) is 14.7. The molecule has 100 valence electrons. The highest BCUT2D eigenvalue weighted by Crippen LogP contribution is 2.43. The number of ether oxygens (including phenoxy) is 1. The van der Waals surface area contributed by atoms with Crippen LogP contribution in [0.1, 0.15) is 34.6 Å². The van der Waals surface area contributed by atoms with Crippen LogP contribution in [0.25, 0.3) is 10.4 Å². The molecule has 0 saturated carbocycles. The highest BCUT2D eigenvalue weighted by atomic mass is 32.1. The molecule has 0 bridgehead atoms. The molecule has 0 radical (unpaired) electrons. The highest BCUT2D eigenvalue weighted by Gasteiger charge is 2.21. The van der Waals surface area contributed by atoms with Crippen molar-refractivity contribution in [2.75, 3.05) is 7.11 Å². The zero-order valence-corrected chi connectivity index (χ0v) is 12.3. The van der Waals surface area contributed by atoms with E-state index in [-0.39, 0.29) is 6.10 Å². The van der Waals surface area contributed by atoms with E-state index in [0.29, 0.717) is 0 Å². The van der Waals surface area contributed by atoms with Crippen LogP contribution < -0.4 is 4.74 Å². The first-order valence-corrected chi connectivity index (χ1v) is 7.40. The van der Waals surface area contributed by atoms with Crippen molar-refractivity contribution < 1.29 is 9.84 Å². The van der Waals surface area contributed by atoms with Crippen LogP contribution in [-0.4, -0.2) is 12.2 Å². The molecule has 1 aromatic heterocycles. The van der Waals surface area contributed by atoms with Crippen molar-refractivity contribution in [3.63, 3.8) is 0 Å². The van der Waals surface area contributed by atoms with Gasteiger partial charge in [0.2, 0.25) is 0 Å². The molecule has 0 amide bonds. The standard InChI is InChI=1S/C16H18O2S/c1-9-6-11-4-5-12-7-15(10(2)17)19-16(12)13(11)8-14(9)18-3/h6-8,10,17H,4-5H2,1-3H3. The molecule has 1 atom stereocenters. The number of aryl methyl sites for hydroxylation is 3. The van der Waals surface area contributed by atoms with E-state index in [0.717, 1.165) is 23.5 Å². The lowest BCUT2D eigenvalue weighted by Gasteiger charge is -2.18. The first-order valence-electron chi connectivity index (χ1n) is 6.58. The van der Waals surface area contributed by atoms with Gasteiger partial charge in [-0.3, -0.25) is 0 Å². The summed E-state index contributed by atoms with van der Waals surface area (Å²) in [6.07, 6.45) is 1.76. The van der Waals surface area contributed by atoms with E-state index in [2.05, 4.69) is 25.1 Å². The summed E-state index contributed by atoms with van der Waals surface area (Å²) in [6, 6.07) is 6.53. The second-order valence-corrected chi connectivity index (χ2v) is 6.24. The zero-order chi connectivity index (χ0) is 13.6. The van der Waals surface area contributed by atoms with E-state index >= 15 is 0 Å². The fourth-order valence-electron chi connectivity index (χ4n) is 2.72. The van der Waals surface area contributed by atoms with Gasteiger partial charge in [0, 0.05) is 9.75 Å². The Morgan fingerprint density at radius 2 is 1.95 bits per heavy atom. The average molecular weight is 274 g/mol. The monoisotopic (exact) mass is 274 g/mol. The van der Waals surface area contributed by atoms with Crippen LogP contribution in [0, 0.1) is 6.92 Å². The van der Waals surface area contributed by atoms with Crippen LogP contribution in [0.3, 0.4) is 0 Å². The number of rotatable bonds is 2. The van der Waals surface area contributed by atoms with Crippen LogP contribution in [-0.2, 0) is 12.8 Å². The molecular weight excluding hydrogens is 256 g/mol. The van der Waals surface area contributed by atoms with Gasteiger partial charge in [0.25, 0.3) is 0 Å². The Morgan fingerprint density at radius 3 is 2.63 bits per heavy atom. The number of hydrogen-bond donors (Lipinski definition) is 1. The Labute approximate surface area is 117 Å². The van der Waals surface area contributed by atoms with Crippen LogP contribution in [0.5, 0.6) is 5.75 Å². The summed E-state index contributed by atoms with van der Waals surface area (Å²) in [5.74, 6) is 0.943. The number of benzene rings is 1. The number of hydrogen-bond acceptors (Lipinski definition) is 3. The fourth-order valence-corrected chi connectivity index (χ4v) is 3.92. The van der Waals surface area contributed by atoms with Gasteiger partial charge in [-0.15, -0.1) is 11.3 Å². The summed E-state index contributed by atoms with van der Waals surface area (Å²) in [6.45, 7) is 3.91. The van der Waals surface area contributed by atoms with Gasteiger partial charge in [-0.2, -0.15) is 0 Å². The van der Waals surface area contributed by atoms with Crippen molar-refractivity contribution >= 4 is 11.3 Å². The quantitative estimate of drug-likeness (QED) is 0.900. The number of aliphatic hydroxyl groups excluding tert-OH is 1. The molecule has 0 saturated heterocycles. The van der Waals surface area contributed by atoms with Crippen LogP contribution in [0.15, 0.2) is 18.2 Å². The summed E-state index contributed by atoms with van der Waals surface area (Å²) >= 11 is 1.71. The maximum atomic E-state index is 9.75. The van der Waals surface area contributed by atoms with Gasteiger partial charge in [-0.05, 0) is 61.1 Å². The second kappa shape index (κ2) is 4.66. The van der Waals surface area contributed by atoms with E-state index in [9.17, 15) is 5.11 Å². The molecule has 1 aliphatic rings. The summed E-state index contributed by atoms with van der Waals surface area (Å²) in [5, 5.41) is 9.75. The van der Waals surface area contributed by atoms with Crippen molar-refractivity contribution in [1.29, 1.82) is 0 Å². The minimum Gasteiger partial charge on any atom is -0.496 e. The summed E-state index contributed by atoms with van der Waals surface area (Å²) in [7, 11) is 1.72. The largest absolute Gasteiger partial charge is 0.496 e. The molecule has 19 heavy (non-hydrogen) atoms. The lowest BCUT2D eigenvalue weighted by Crippen LogP contribution is -2.02. The minimum atomic E-state index is -0.383. The molecule has 0 aliphatic heterocycles. The number of thiophene rings is 1. The lowest BCUT2D eigenvalue weighted by molar-refractivity contribution is 0.203. The summed E-state index contributed by atoms with van der Waals surface area (Å²) in [5.41, 5.74) is 5.22. The molecule has 1 N–H and O–H groups in total. The zero-order valence-electron chi connectivity index (χ0n) is 11.5. The molecule has 1 aliphatic carbocycles. The number of aliphatic hydroxyl groups is 1. The molecule has 1 aromatic carbocycles. The Hall–Kier alpha value is -1.32. The predicted octanol–water partition coefficient (Wildman–Crippen LogP) is 3.88. The third-order valence-electron chi connectivity index (χ3n) is 3.77. The van der Waals surface area contributed by atoms with Gasteiger partial charge in [0.15, 0.2) is 0 Å². The Balaban J connectivity index is 2.17. The predicted molar refractivity (Wildman–Crippen MR) is 79.1 cm³/mol. The molecule has 2 nitrogen and oxygen atoms in total. The minimum absolute atomic E-state index is 0.383. The number of methoxy groups -OCH3 is 1. The summed E-state index contributed by atoms with van der Waals surface area (Å²) in [4.78, 5) is 2.35. The van der Waals surface area contributed by atoms with Gasteiger partial charge < -0.3 is 9.84 Å². The molecule has 0 fully saturated rings. The molecule has 2 aromatic rings. The molecule has 1 unspecified atom stereocenters. The van der Waals surface area contributed by atoms with Crippen molar-refractivity contribution in [2.24, 2.45) is 0 Å². The van der Waals surface area contributed by atoms with Crippen molar-refractivity contribution in [2.45, 2.75) is 32.8 Å². The molecule has 3 heteroatoms. The molecule has 0 spiro atoms. The van der Waals surface area contributed by atoms with E-state index in [4.69, 9.17) is 4.74 Å². The van der Waals surface area contributed by atoms with Crippen LogP contribution in [0.4, 0.5) is 0 Å². The topological polar surface area (TPSA) is 29.5 Å².